The molecule has 0 aliphatic carbocycles. The van der Waals surface area contributed by atoms with Crippen molar-refractivity contribution >= 4 is 40.1 Å². The van der Waals surface area contributed by atoms with Crippen molar-refractivity contribution in [2.75, 3.05) is 24.4 Å². The molecule has 2 aromatic rings. The number of methoxy groups -OCH3 is 1. The van der Waals surface area contributed by atoms with Crippen LogP contribution in [0, 0.1) is 5.82 Å². The van der Waals surface area contributed by atoms with Crippen LogP contribution in [-0.4, -0.2) is 36.4 Å². The number of nitrogens with one attached hydrogen (secondary N) is 1. The van der Waals surface area contributed by atoms with Crippen molar-refractivity contribution in [1.29, 1.82) is 0 Å². The summed E-state index contributed by atoms with van der Waals surface area (Å²) >= 11 is 1.15. The number of hydrogen-bond donors (Lipinski definition) is 1. The van der Waals surface area contributed by atoms with Crippen LogP contribution in [0.2, 0.25) is 0 Å². The molecule has 1 aliphatic heterocycles. The summed E-state index contributed by atoms with van der Waals surface area (Å²) in [5.41, 5.74) is 1.02. The van der Waals surface area contributed by atoms with Gasteiger partial charge in [-0.25, -0.2) is 9.29 Å². The number of imide groups is 1. The van der Waals surface area contributed by atoms with E-state index in [0.717, 1.165) is 11.8 Å². The Morgan fingerprint density at radius 1 is 1.26 bits per heavy atom. The van der Waals surface area contributed by atoms with Gasteiger partial charge in [-0.15, -0.1) is 0 Å². The summed E-state index contributed by atoms with van der Waals surface area (Å²) in [6.07, 6.45) is 0.0688. The second kappa shape index (κ2) is 8.22. The Bertz CT molecular complexity index is 886. The molecule has 27 heavy (non-hydrogen) atoms. The van der Waals surface area contributed by atoms with E-state index < -0.39 is 5.25 Å². The van der Waals surface area contributed by atoms with Crippen LogP contribution in [0.5, 0.6) is 5.75 Å². The molecule has 0 bridgehead atoms. The average Bonchev–Trinajstić information content (AvgIpc) is 2.94. The molecular weight excluding hydrogens is 369 g/mol. The Labute approximate surface area is 160 Å². The van der Waals surface area contributed by atoms with Crippen LogP contribution in [-0.2, 0) is 9.59 Å². The zero-order valence-electron chi connectivity index (χ0n) is 14.8. The van der Waals surface area contributed by atoms with E-state index in [1.165, 1.54) is 17.0 Å². The normalized spacial score (nSPS) is 17.4. The smallest absolute Gasteiger partial charge is 0.247 e. The molecule has 0 spiro atoms. The highest BCUT2D eigenvalue weighted by Crippen LogP contribution is 2.31. The minimum atomic E-state index is -0.598. The third kappa shape index (κ3) is 4.28. The van der Waals surface area contributed by atoms with Gasteiger partial charge in [-0.2, -0.15) is 0 Å². The number of ether oxygens (including phenoxy) is 1. The summed E-state index contributed by atoms with van der Waals surface area (Å²) in [5, 5.41) is 2.81. The van der Waals surface area contributed by atoms with Gasteiger partial charge in [0.25, 0.3) is 0 Å². The number of hydrogen-bond acceptors (Lipinski definition) is 5. The van der Waals surface area contributed by atoms with Gasteiger partial charge in [0.2, 0.25) is 11.8 Å². The summed E-state index contributed by atoms with van der Waals surface area (Å²) < 4.78 is 18.4. The van der Waals surface area contributed by atoms with Gasteiger partial charge in [-0.3, -0.25) is 14.6 Å². The maximum Gasteiger partial charge on any atom is 0.247 e. The van der Waals surface area contributed by atoms with Gasteiger partial charge in [-0.1, -0.05) is 17.8 Å². The van der Waals surface area contributed by atoms with Gasteiger partial charge in [0, 0.05) is 19.2 Å². The molecule has 2 aromatic carbocycles. The molecule has 1 heterocycles. The van der Waals surface area contributed by atoms with E-state index in [2.05, 4.69) is 10.3 Å². The monoisotopic (exact) mass is 387 g/mol. The molecule has 1 N–H and O–H groups in total. The lowest BCUT2D eigenvalue weighted by atomic mass is 10.3. The number of aliphatic imine (C=N–C) groups is 1. The fraction of sp³-hybridized carbons (Fsp3) is 0.211. The van der Waals surface area contributed by atoms with Gasteiger partial charge >= 0.3 is 0 Å². The quantitative estimate of drug-likeness (QED) is 0.495. The lowest BCUT2D eigenvalue weighted by Gasteiger charge is -2.16. The minimum absolute atomic E-state index is 0.0688. The molecular formula is C19H18FN3O3S. The Morgan fingerprint density at radius 3 is 2.63 bits per heavy atom. The fourth-order valence-electron chi connectivity index (χ4n) is 2.66. The highest BCUT2D eigenvalue weighted by Gasteiger charge is 2.40. The Kier molecular flexibility index (Phi) is 5.75. The number of carbonyl (C=O) groups is 2. The second-order valence-electron chi connectivity index (χ2n) is 5.74. The van der Waals surface area contributed by atoms with E-state index in [1.54, 1.807) is 50.6 Å². The second-order valence-corrected chi connectivity index (χ2v) is 6.93. The summed E-state index contributed by atoms with van der Waals surface area (Å²) in [6, 6.07) is 12.7. The minimum Gasteiger partial charge on any atom is -0.497 e. The number of thioether (sulfide) groups is 1. The van der Waals surface area contributed by atoms with Crippen LogP contribution in [0.3, 0.4) is 0 Å². The van der Waals surface area contributed by atoms with Crippen molar-refractivity contribution in [2.24, 2.45) is 4.99 Å². The number of amidine groups is 1. The van der Waals surface area contributed by atoms with E-state index in [9.17, 15) is 14.0 Å². The predicted octanol–water partition coefficient (Wildman–Crippen LogP) is 3.30. The zero-order chi connectivity index (χ0) is 19.4. The largest absolute Gasteiger partial charge is 0.497 e. The molecule has 1 fully saturated rings. The maximum absolute atomic E-state index is 13.3. The third-order valence-electron chi connectivity index (χ3n) is 3.97. The Hall–Kier alpha value is -2.87. The molecule has 1 aliphatic rings. The number of nitrogens with zero attached hydrogens (tertiary/aromatic N) is 2. The topological polar surface area (TPSA) is 71.0 Å². The van der Waals surface area contributed by atoms with Crippen molar-refractivity contribution in [3.63, 3.8) is 0 Å². The van der Waals surface area contributed by atoms with Gasteiger partial charge in [0.05, 0.1) is 12.8 Å². The summed E-state index contributed by atoms with van der Waals surface area (Å²) in [5.74, 6) is -0.317. The van der Waals surface area contributed by atoms with Crippen molar-refractivity contribution < 1.29 is 18.7 Å². The van der Waals surface area contributed by atoms with Crippen LogP contribution < -0.4 is 15.0 Å². The molecule has 1 saturated heterocycles. The van der Waals surface area contributed by atoms with Crippen molar-refractivity contribution in [3.05, 3.63) is 54.3 Å². The van der Waals surface area contributed by atoms with E-state index in [-0.39, 0.29) is 24.1 Å². The van der Waals surface area contributed by atoms with Gasteiger partial charge in [-0.05, 0) is 42.5 Å². The number of anilines is 2. The van der Waals surface area contributed by atoms with E-state index in [4.69, 9.17) is 4.74 Å². The highest BCUT2D eigenvalue weighted by molar-refractivity contribution is 8.15. The summed E-state index contributed by atoms with van der Waals surface area (Å²) in [6.45, 7) is 0. The first-order chi connectivity index (χ1) is 13.0. The number of rotatable bonds is 4. The first-order valence-corrected chi connectivity index (χ1v) is 9.06. The Morgan fingerprint density at radius 2 is 2.00 bits per heavy atom. The number of carbonyl (C=O) groups excluding carboxylic acids is 2. The lowest BCUT2D eigenvalue weighted by Crippen LogP contribution is -2.31. The predicted molar refractivity (Wildman–Crippen MR) is 105 cm³/mol. The molecule has 0 saturated carbocycles. The molecule has 8 heteroatoms. The summed E-state index contributed by atoms with van der Waals surface area (Å²) in [7, 11) is 3.11. The standard InChI is InChI=1S/C19H18FN3O3S/c1-21-19(22-13-5-3-4-12(20)10-13)27-16-11-17(24)23(18(16)25)14-6-8-15(26-2)9-7-14/h3-10,16H,11H2,1-2H3,(H,21,22). The van der Waals surface area contributed by atoms with Crippen LogP contribution in [0.1, 0.15) is 6.42 Å². The van der Waals surface area contributed by atoms with E-state index in [1.807, 2.05) is 0 Å². The van der Waals surface area contributed by atoms with Crippen molar-refractivity contribution in [3.8, 4) is 5.75 Å². The first-order valence-electron chi connectivity index (χ1n) is 8.18. The van der Waals surface area contributed by atoms with Crippen LogP contribution in [0.4, 0.5) is 15.8 Å². The molecule has 2 amide bonds. The van der Waals surface area contributed by atoms with Gasteiger partial charge < -0.3 is 10.1 Å². The van der Waals surface area contributed by atoms with E-state index >= 15 is 0 Å². The first kappa shape index (κ1) is 18.9. The van der Waals surface area contributed by atoms with Crippen LogP contribution in [0.15, 0.2) is 53.5 Å². The number of amides is 2. The molecule has 0 radical (unpaired) electrons. The van der Waals surface area contributed by atoms with Gasteiger partial charge in [0.15, 0.2) is 5.17 Å². The molecule has 0 aromatic heterocycles. The van der Waals surface area contributed by atoms with Crippen LogP contribution in [0.25, 0.3) is 0 Å². The average molecular weight is 387 g/mol. The lowest BCUT2D eigenvalue weighted by molar-refractivity contribution is -0.121. The molecule has 140 valence electrons. The van der Waals surface area contributed by atoms with Crippen molar-refractivity contribution in [2.45, 2.75) is 11.7 Å². The molecule has 1 unspecified atom stereocenters. The SMILES string of the molecule is CN=C(Nc1cccc(F)c1)SC1CC(=O)N(c2ccc(OC)cc2)C1=O. The Balaban J connectivity index is 1.71. The van der Waals surface area contributed by atoms with E-state index in [0.29, 0.717) is 22.3 Å². The van der Waals surface area contributed by atoms with Crippen molar-refractivity contribution in [1.82, 2.24) is 0 Å². The van der Waals surface area contributed by atoms with Crippen LogP contribution >= 0.6 is 11.8 Å². The fourth-order valence-corrected chi connectivity index (χ4v) is 3.65. The third-order valence-corrected chi connectivity index (χ3v) is 5.13. The maximum atomic E-state index is 13.3. The molecule has 3 rings (SSSR count). The van der Waals surface area contributed by atoms with Gasteiger partial charge in [0.1, 0.15) is 16.8 Å². The highest BCUT2D eigenvalue weighted by atomic mass is 32.2. The molecule has 6 nitrogen and oxygen atoms in total. The molecule has 1 atom stereocenters. The number of benzene rings is 2. The summed E-state index contributed by atoms with van der Waals surface area (Å²) in [4.78, 5) is 30.4. The zero-order valence-corrected chi connectivity index (χ0v) is 15.6. The number of halogens is 1.